The highest BCUT2D eigenvalue weighted by atomic mass is 79.9. The molecule has 1 aromatic heterocycles. The predicted octanol–water partition coefficient (Wildman–Crippen LogP) is 4.64. The Morgan fingerprint density at radius 3 is 2.79 bits per heavy atom. The molecule has 0 amide bonds. The van der Waals surface area contributed by atoms with Gasteiger partial charge in [0.15, 0.2) is 0 Å². The molecular weight excluding hydrogens is 329 g/mol. The van der Waals surface area contributed by atoms with Crippen LogP contribution in [-0.2, 0) is 0 Å². The summed E-state index contributed by atoms with van der Waals surface area (Å²) >= 11 is 12.6. The Balaban J connectivity index is 3.02. The maximum atomic E-state index is 5.78. The summed E-state index contributed by atoms with van der Waals surface area (Å²) in [5.74, 6) is 0.556. The predicted molar refractivity (Wildman–Crippen MR) is 68.6 cm³/mol. The van der Waals surface area contributed by atoms with Gasteiger partial charge in [0.05, 0.1) is 5.69 Å². The van der Waals surface area contributed by atoms with Gasteiger partial charge in [-0.2, -0.15) is 0 Å². The van der Waals surface area contributed by atoms with E-state index in [9.17, 15) is 0 Å². The van der Waals surface area contributed by atoms with Crippen LogP contribution in [0, 0.1) is 0 Å². The van der Waals surface area contributed by atoms with Crippen LogP contribution in [0.3, 0.4) is 0 Å². The summed E-state index contributed by atoms with van der Waals surface area (Å²) < 4.78 is 1.94. The van der Waals surface area contributed by atoms with E-state index in [1.54, 1.807) is 6.20 Å². The van der Waals surface area contributed by atoms with Crippen molar-refractivity contribution in [1.82, 2.24) is 4.98 Å². The van der Waals surface area contributed by atoms with Gasteiger partial charge in [-0.15, -0.1) is 11.6 Å². The minimum Gasteiger partial charge on any atom is -0.255 e. The molecule has 0 unspecified atom stereocenters. The first kappa shape index (κ1) is 12.2. The highest BCUT2D eigenvalue weighted by molar-refractivity contribution is 9.11. The summed E-state index contributed by atoms with van der Waals surface area (Å²) in [4.78, 5) is 4.28. The van der Waals surface area contributed by atoms with E-state index in [2.05, 4.69) is 43.8 Å². The number of pyridine rings is 1. The Labute approximate surface area is 106 Å². The van der Waals surface area contributed by atoms with Crippen LogP contribution in [0.15, 0.2) is 26.8 Å². The molecule has 0 atom stereocenters. The largest absolute Gasteiger partial charge is 0.255 e. The smallest absolute Gasteiger partial charge is 0.0772 e. The molecule has 0 aliphatic carbocycles. The van der Waals surface area contributed by atoms with Crippen molar-refractivity contribution < 1.29 is 0 Å². The summed E-state index contributed by atoms with van der Waals surface area (Å²) in [5, 5.41) is 0. The molecule has 0 aliphatic rings. The third kappa shape index (κ3) is 3.37. The molecular formula is C10H10Br2ClN. The Kier molecular flexibility index (Phi) is 5.13. The van der Waals surface area contributed by atoms with Crippen LogP contribution in [-0.4, -0.2) is 10.9 Å². The molecule has 1 rings (SSSR count). The van der Waals surface area contributed by atoms with E-state index in [1.165, 1.54) is 5.57 Å². The summed E-state index contributed by atoms with van der Waals surface area (Å²) in [7, 11) is 0. The van der Waals surface area contributed by atoms with E-state index in [0.29, 0.717) is 5.88 Å². The minimum atomic E-state index is 0.556. The van der Waals surface area contributed by atoms with Gasteiger partial charge in [0.1, 0.15) is 0 Å². The molecule has 0 fully saturated rings. The van der Waals surface area contributed by atoms with E-state index >= 15 is 0 Å². The zero-order valence-electron chi connectivity index (χ0n) is 7.73. The van der Waals surface area contributed by atoms with Crippen molar-refractivity contribution >= 4 is 49.5 Å². The molecule has 0 radical (unpaired) electrons. The molecule has 0 bridgehead atoms. The monoisotopic (exact) mass is 337 g/mol. The first-order valence-electron chi connectivity index (χ1n) is 4.23. The topological polar surface area (TPSA) is 12.9 Å². The van der Waals surface area contributed by atoms with E-state index in [1.807, 2.05) is 12.1 Å². The second kappa shape index (κ2) is 5.89. The van der Waals surface area contributed by atoms with Gasteiger partial charge < -0.3 is 0 Å². The molecule has 0 aliphatic heterocycles. The van der Waals surface area contributed by atoms with Crippen molar-refractivity contribution in [2.45, 2.75) is 13.3 Å². The average Bonchev–Trinajstić information content (AvgIpc) is 2.17. The van der Waals surface area contributed by atoms with Gasteiger partial charge in [0, 0.05) is 21.0 Å². The Morgan fingerprint density at radius 1 is 1.57 bits per heavy atom. The second-order valence-corrected chi connectivity index (χ2v) is 4.85. The molecule has 0 N–H and O–H groups in total. The molecule has 0 saturated carbocycles. The number of aromatic nitrogens is 1. The maximum Gasteiger partial charge on any atom is 0.0772 e. The second-order valence-electron chi connectivity index (χ2n) is 2.81. The fourth-order valence-corrected chi connectivity index (χ4v) is 2.33. The summed E-state index contributed by atoms with van der Waals surface area (Å²) in [6.07, 6.45) is 4.75. The standard InChI is InChI=1S/C10H10Br2ClN/c1-2-7(5-13)3-10-9(12)4-8(11)6-14-10/h3-4,6H,2,5H2,1H3. The average molecular weight is 339 g/mol. The normalized spacial score (nSPS) is 11.9. The van der Waals surface area contributed by atoms with E-state index in [-0.39, 0.29) is 0 Å². The summed E-state index contributed by atoms with van der Waals surface area (Å²) in [6, 6.07) is 1.97. The number of rotatable bonds is 3. The number of hydrogen-bond acceptors (Lipinski definition) is 1. The fourth-order valence-electron chi connectivity index (χ4n) is 0.960. The van der Waals surface area contributed by atoms with Crippen molar-refractivity contribution in [2.24, 2.45) is 0 Å². The van der Waals surface area contributed by atoms with Crippen LogP contribution in [0.1, 0.15) is 19.0 Å². The Hall–Kier alpha value is 0.140. The number of allylic oxidation sites excluding steroid dienone is 1. The number of hydrogen-bond donors (Lipinski definition) is 0. The van der Waals surface area contributed by atoms with Crippen molar-refractivity contribution in [3.8, 4) is 0 Å². The third-order valence-corrected chi connectivity index (χ3v) is 3.21. The quantitative estimate of drug-likeness (QED) is 0.731. The van der Waals surface area contributed by atoms with Crippen molar-refractivity contribution in [1.29, 1.82) is 0 Å². The van der Waals surface area contributed by atoms with Crippen molar-refractivity contribution in [3.63, 3.8) is 0 Å². The van der Waals surface area contributed by atoms with Crippen LogP contribution in [0.25, 0.3) is 6.08 Å². The zero-order valence-corrected chi connectivity index (χ0v) is 11.7. The summed E-state index contributed by atoms with van der Waals surface area (Å²) in [5.41, 5.74) is 2.10. The van der Waals surface area contributed by atoms with Crippen LogP contribution in [0.2, 0.25) is 0 Å². The highest BCUT2D eigenvalue weighted by Gasteiger charge is 2.00. The van der Waals surface area contributed by atoms with Crippen molar-refractivity contribution in [2.75, 3.05) is 5.88 Å². The van der Waals surface area contributed by atoms with Gasteiger partial charge in [0.2, 0.25) is 0 Å². The Morgan fingerprint density at radius 2 is 2.29 bits per heavy atom. The lowest BCUT2D eigenvalue weighted by Crippen LogP contribution is -1.87. The van der Waals surface area contributed by atoms with E-state index < -0.39 is 0 Å². The minimum absolute atomic E-state index is 0.556. The van der Waals surface area contributed by atoms with Gasteiger partial charge in [-0.25, -0.2) is 0 Å². The van der Waals surface area contributed by atoms with Crippen LogP contribution in [0.4, 0.5) is 0 Å². The lowest BCUT2D eigenvalue weighted by molar-refractivity contribution is 1.11. The van der Waals surface area contributed by atoms with E-state index in [0.717, 1.165) is 21.1 Å². The Bertz CT molecular complexity index is 344. The van der Waals surface area contributed by atoms with E-state index in [4.69, 9.17) is 11.6 Å². The molecule has 0 spiro atoms. The molecule has 0 aromatic carbocycles. The highest BCUT2D eigenvalue weighted by Crippen LogP contribution is 2.22. The molecule has 1 nitrogen and oxygen atoms in total. The molecule has 0 saturated heterocycles. The van der Waals surface area contributed by atoms with Crippen LogP contribution < -0.4 is 0 Å². The van der Waals surface area contributed by atoms with Gasteiger partial charge in [-0.3, -0.25) is 4.98 Å². The molecule has 1 aromatic rings. The third-order valence-electron chi connectivity index (χ3n) is 1.80. The van der Waals surface area contributed by atoms with Gasteiger partial charge in [-0.1, -0.05) is 12.5 Å². The van der Waals surface area contributed by atoms with Crippen LogP contribution in [0.5, 0.6) is 0 Å². The van der Waals surface area contributed by atoms with Gasteiger partial charge >= 0.3 is 0 Å². The van der Waals surface area contributed by atoms with Crippen LogP contribution >= 0.6 is 43.5 Å². The SMILES string of the molecule is CCC(=Cc1ncc(Br)cc1Br)CCl. The first-order valence-corrected chi connectivity index (χ1v) is 6.36. The molecule has 1 heterocycles. The molecule has 4 heteroatoms. The fraction of sp³-hybridized carbons (Fsp3) is 0.300. The van der Waals surface area contributed by atoms with Crippen molar-refractivity contribution in [3.05, 3.63) is 32.5 Å². The lowest BCUT2D eigenvalue weighted by Gasteiger charge is -2.01. The maximum absolute atomic E-state index is 5.78. The first-order chi connectivity index (χ1) is 6.67. The lowest BCUT2D eigenvalue weighted by atomic mass is 10.2. The molecule has 14 heavy (non-hydrogen) atoms. The van der Waals surface area contributed by atoms with Gasteiger partial charge in [0.25, 0.3) is 0 Å². The number of nitrogens with zero attached hydrogens (tertiary/aromatic N) is 1. The summed E-state index contributed by atoms with van der Waals surface area (Å²) in [6.45, 7) is 2.08. The zero-order chi connectivity index (χ0) is 10.6. The number of alkyl halides is 1. The molecule has 76 valence electrons. The van der Waals surface area contributed by atoms with Gasteiger partial charge in [-0.05, 0) is 50.4 Å². The number of halogens is 3.